The van der Waals surface area contributed by atoms with Crippen molar-refractivity contribution in [3.05, 3.63) is 102 Å². The normalized spacial score (nSPS) is 12.3. The summed E-state index contributed by atoms with van der Waals surface area (Å²) in [4.78, 5) is 104. The maximum absolute atomic E-state index is 13.6. The van der Waals surface area contributed by atoms with Crippen LogP contribution in [0.25, 0.3) is 0 Å². The van der Waals surface area contributed by atoms with E-state index in [0.29, 0.717) is 136 Å². The number of nitrogen functional groups attached to an aromatic ring is 1. The summed E-state index contributed by atoms with van der Waals surface area (Å²) in [5.74, 6) is -2.10. The third kappa shape index (κ3) is 23.4. The molecule has 0 unspecified atom stereocenters. The number of carbonyl (C=O) groups excluding carboxylic acids is 7. The minimum absolute atomic E-state index is 0.0195. The molecule has 0 saturated heterocycles. The van der Waals surface area contributed by atoms with Gasteiger partial charge < -0.3 is 108 Å². The van der Waals surface area contributed by atoms with Gasteiger partial charge in [-0.3, -0.25) is 33.6 Å². The zero-order chi connectivity index (χ0) is 65.0. The van der Waals surface area contributed by atoms with E-state index >= 15 is 0 Å². The number of anilines is 5. The minimum Gasteiger partial charge on any atom is -0.491 e. The molecule has 1 aromatic carbocycles. The SMILES string of the molecule is Cn1cc(NC(=O)c2nccn2C)cc1C(=O)NCCC(=O)Nc1cn(C)c(C(=O)Nc2cc(C(=O)NC3(CC(=O)Nc4cn(C)c(C(=O)NCCOCCOCCOCCOCCOCCOCCOCCOCCOc5ccc(N)cc5)n4)CC3)n(C)c2)n1. The lowest BCUT2D eigenvalue weighted by atomic mass is 10.1. The summed E-state index contributed by atoms with van der Waals surface area (Å²) < 4.78 is 57.3. The zero-order valence-electron chi connectivity index (χ0n) is 51.9. The monoisotopic (exact) mass is 1270 g/mol. The summed E-state index contributed by atoms with van der Waals surface area (Å²) in [6.07, 6.45) is 10.2. The Bertz CT molecular complexity index is 3330. The van der Waals surface area contributed by atoms with Crippen molar-refractivity contribution >= 4 is 70.0 Å². The molecule has 0 atom stereocenters. The van der Waals surface area contributed by atoms with E-state index in [9.17, 15) is 33.6 Å². The fraction of sp³-hybridized carbons (Fsp3) is 0.492. The van der Waals surface area contributed by atoms with Gasteiger partial charge in [0.05, 0.1) is 124 Å². The maximum Gasteiger partial charge on any atom is 0.291 e. The third-order valence-corrected chi connectivity index (χ3v) is 13.6. The van der Waals surface area contributed by atoms with Gasteiger partial charge in [-0.05, 0) is 49.2 Å². The van der Waals surface area contributed by atoms with Gasteiger partial charge in [0.25, 0.3) is 29.5 Å². The van der Waals surface area contributed by atoms with E-state index in [1.807, 2.05) is 12.1 Å². The first-order chi connectivity index (χ1) is 44.0. The van der Waals surface area contributed by atoms with Crippen molar-refractivity contribution in [3.8, 4) is 5.75 Å². The first kappa shape index (κ1) is 69.5. The Balaban J connectivity index is 0.669. The molecule has 1 aliphatic carbocycles. The predicted octanol–water partition coefficient (Wildman–Crippen LogP) is 1.64. The molecule has 494 valence electrons. The number of nitrogens with one attached hydrogen (secondary N) is 7. The Hall–Kier alpha value is -9.02. The highest BCUT2D eigenvalue weighted by Crippen LogP contribution is 2.39. The average Bonchev–Trinajstić information content (AvgIpc) is 1.69. The molecule has 1 saturated carbocycles. The summed E-state index contributed by atoms with van der Waals surface area (Å²) >= 11 is 0. The van der Waals surface area contributed by atoms with E-state index in [1.54, 1.807) is 70.5 Å². The van der Waals surface area contributed by atoms with Crippen LogP contribution in [0.1, 0.15) is 78.5 Å². The van der Waals surface area contributed by atoms with Crippen LogP contribution in [-0.2, 0) is 82.7 Å². The number of aromatic nitrogens is 8. The number of nitrogens with two attached hydrogens (primary N) is 1. The van der Waals surface area contributed by atoms with Crippen LogP contribution in [-0.4, -0.2) is 210 Å². The van der Waals surface area contributed by atoms with Gasteiger partial charge in [0.2, 0.25) is 23.5 Å². The van der Waals surface area contributed by atoms with Crippen molar-refractivity contribution in [1.82, 2.24) is 53.7 Å². The van der Waals surface area contributed by atoms with E-state index in [1.165, 1.54) is 49.0 Å². The van der Waals surface area contributed by atoms with E-state index in [4.69, 9.17) is 48.4 Å². The van der Waals surface area contributed by atoms with Crippen molar-refractivity contribution < 1.29 is 76.2 Å². The molecule has 0 spiro atoms. The second-order valence-electron chi connectivity index (χ2n) is 20.9. The van der Waals surface area contributed by atoms with Crippen LogP contribution in [0.15, 0.2) is 73.6 Å². The molecule has 91 heavy (non-hydrogen) atoms. The number of rotatable bonds is 43. The Labute approximate surface area is 525 Å². The topological polar surface area (TPSA) is 376 Å². The molecule has 7 amide bonds. The number of aryl methyl sites for hydroxylation is 5. The zero-order valence-corrected chi connectivity index (χ0v) is 51.9. The summed E-state index contributed by atoms with van der Waals surface area (Å²) in [5, 5.41) is 19.2. The summed E-state index contributed by atoms with van der Waals surface area (Å²) in [5.41, 5.74) is 6.69. The number of hydrogen-bond acceptors (Lipinski definition) is 20. The number of amides is 7. The molecular formula is C59H82N16O16. The lowest BCUT2D eigenvalue weighted by Crippen LogP contribution is -2.40. The molecule has 32 heteroatoms. The van der Waals surface area contributed by atoms with Crippen LogP contribution in [0, 0.1) is 0 Å². The second-order valence-corrected chi connectivity index (χ2v) is 20.9. The van der Waals surface area contributed by atoms with Crippen LogP contribution in [0.3, 0.4) is 0 Å². The van der Waals surface area contributed by atoms with Gasteiger partial charge in [-0.15, -0.1) is 0 Å². The highest BCUT2D eigenvalue weighted by Gasteiger charge is 2.46. The van der Waals surface area contributed by atoms with Crippen molar-refractivity contribution in [2.24, 2.45) is 35.2 Å². The Morgan fingerprint density at radius 1 is 0.473 bits per heavy atom. The molecule has 7 rings (SSSR count). The molecular weight excluding hydrogens is 1190 g/mol. The quantitative estimate of drug-likeness (QED) is 0.0199. The third-order valence-electron chi connectivity index (χ3n) is 13.6. The van der Waals surface area contributed by atoms with Gasteiger partial charge in [0, 0.05) is 103 Å². The van der Waals surface area contributed by atoms with Crippen LogP contribution in [0.5, 0.6) is 5.75 Å². The van der Waals surface area contributed by atoms with Gasteiger partial charge in [0.15, 0.2) is 17.5 Å². The Morgan fingerprint density at radius 2 is 0.912 bits per heavy atom. The number of nitrogens with zero attached hydrogens (tertiary/aromatic N) is 8. The first-order valence-electron chi connectivity index (χ1n) is 29.5. The van der Waals surface area contributed by atoms with Crippen molar-refractivity contribution in [2.75, 3.05) is 152 Å². The first-order valence-corrected chi connectivity index (χ1v) is 29.5. The van der Waals surface area contributed by atoms with Crippen LogP contribution < -0.4 is 47.7 Å². The van der Waals surface area contributed by atoms with Gasteiger partial charge in [-0.1, -0.05) is 0 Å². The van der Waals surface area contributed by atoms with Crippen molar-refractivity contribution in [1.29, 1.82) is 0 Å². The van der Waals surface area contributed by atoms with Crippen molar-refractivity contribution in [3.63, 3.8) is 0 Å². The van der Waals surface area contributed by atoms with Gasteiger partial charge in [0.1, 0.15) is 23.7 Å². The van der Waals surface area contributed by atoms with Gasteiger partial charge in [-0.2, -0.15) is 0 Å². The number of hydrogen-bond donors (Lipinski definition) is 8. The molecule has 32 nitrogen and oxygen atoms in total. The molecule has 0 radical (unpaired) electrons. The lowest BCUT2D eigenvalue weighted by molar-refractivity contribution is -0.117. The van der Waals surface area contributed by atoms with E-state index in [-0.39, 0.29) is 73.0 Å². The van der Waals surface area contributed by atoms with Gasteiger partial charge in [-0.25, -0.2) is 15.0 Å². The molecule has 5 aromatic heterocycles. The molecule has 1 fully saturated rings. The van der Waals surface area contributed by atoms with Crippen LogP contribution in [0.2, 0.25) is 0 Å². The molecule has 5 heterocycles. The number of carbonyl (C=O) groups is 7. The Morgan fingerprint density at radius 3 is 1.40 bits per heavy atom. The van der Waals surface area contributed by atoms with Crippen LogP contribution in [0.4, 0.5) is 28.7 Å². The fourth-order valence-electron chi connectivity index (χ4n) is 8.77. The Kier molecular flexibility index (Phi) is 27.5. The average molecular weight is 1270 g/mol. The molecule has 6 aromatic rings. The van der Waals surface area contributed by atoms with E-state index < -0.39 is 46.9 Å². The lowest BCUT2D eigenvalue weighted by Gasteiger charge is -2.17. The summed E-state index contributed by atoms with van der Waals surface area (Å²) in [7, 11) is 8.17. The van der Waals surface area contributed by atoms with Gasteiger partial charge >= 0.3 is 0 Å². The standard InChI is InChI=1S/C59H82N16O16/c1-71-16-14-61-51(71)57(81)64-42-34-45(72(2)37-42)54(78)62-13-10-49(76)66-47-39-75(5)53(69-47)58(82)65-43-35-46(73(3)38-43)55(79)70-59(11-12-59)36-50(77)67-48-40-74(4)52(68-48)56(80)63-15-17-83-18-19-84-20-21-85-22-23-86-24-25-87-26-27-88-28-29-89-30-31-90-32-33-91-44-8-6-41(60)7-9-44/h6-9,14,16,34-35,37-40H,10-13,15,17-33,36,60H2,1-5H3,(H,62,78)(H,63,80)(H,64,81)(H,65,82)(H,66,76)(H,67,77)(H,70,79). The summed E-state index contributed by atoms with van der Waals surface area (Å²) in [6.45, 7) is 7.27. The maximum atomic E-state index is 13.6. The van der Waals surface area contributed by atoms with Crippen molar-refractivity contribution in [2.45, 2.75) is 31.2 Å². The highest BCUT2D eigenvalue weighted by molar-refractivity contribution is 6.05. The smallest absolute Gasteiger partial charge is 0.291 e. The van der Waals surface area contributed by atoms with Crippen LogP contribution >= 0.6 is 0 Å². The molecule has 0 bridgehead atoms. The minimum atomic E-state index is -0.812. The number of imidazole rings is 3. The highest BCUT2D eigenvalue weighted by atomic mass is 16.6. The largest absolute Gasteiger partial charge is 0.491 e. The summed E-state index contributed by atoms with van der Waals surface area (Å²) in [6, 6.07) is 10.2. The van der Waals surface area contributed by atoms with E-state index in [2.05, 4.69) is 52.2 Å². The number of benzene rings is 1. The number of ether oxygens (including phenoxy) is 9. The molecule has 0 aliphatic heterocycles. The predicted molar refractivity (Wildman–Crippen MR) is 330 cm³/mol. The molecule has 9 N–H and O–H groups in total. The fourth-order valence-corrected chi connectivity index (χ4v) is 8.77. The van der Waals surface area contributed by atoms with E-state index in [0.717, 1.165) is 5.75 Å². The molecule has 1 aliphatic rings. The second kappa shape index (κ2) is 36.0.